The van der Waals surface area contributed by atoms with Crippen molar-refractivity contribution in [1.82, 2.24) is 5.32 Å². The molecule has 0 spiro atoms. The summed E-state index contributed by atoms with van der Waals surface area (Å²) in [6, 6.07) is 6.41. The minimum absolute atomic E-state index is 0.169. The van der Waals surface area contributed by atoms with Gasteiger partial charge in [-0.25, -0.2) is 8.42 Å². The van der Waals surface area contributed by atoms with Crippen LogP contribution in [0.5, 0.6) is 0 Å². The first-order chi connectivity index (χ1) is 10.3. The van der Waals surface area contributed by atoms with E-state index in [1.807, 2.05) is 6.92 Å². The number of carbonyl (C=O) groups excluding carboxylic acids is 2. The number of esters is 1. The first-order valence-corrected chi connectivity index (χ1v) is 8.68. The molecule has 1 rings (SSSR count). The SMILES string of the molecule is CCNC(=O)[C@H](C)OC(=O)CCS(=O)(=O)c1ccc(C)cc1. The maximum atomic E-state index is 12.1. The van der Waals surface area contributed by atoms with E-state index in [0.29, 0.717) is 6.54 Å². The second kappa shape index (κ2) is 7.93. The van der Waals surface area contributed by atoms with Crippen molar-refractivity contribution in [2.75, 3.05) is 12.3 Å². The van der Waals surface area contributed by atoms with Crippen LogP contribution in [-0.4, -0.2) is 38.7 Å². The fraction of sp³-hybridized carbons (Fsp3) is 0.467. The van der Waals surface area contributed by atoms with Gasteiger partial charge in [0, 0.05) is 6.54 Å². The van der Waals surface area contributed by atoms with Crippen LogP contribution < -0.4 is 5.32 Å². The van der Waals surface area contributed by atoms with E-state index in [9.17, 15) is 18.0 Å². The van der Waals surface area contributed by atoms with Crippen molar-refractivity contribution in [3.8, 4) is 0 Å². The van der Waals surface area contributed by atoms with Crippen molar-refractivity contribution in [3.05, 3.63) is 29.8 Å². The van der Waals surface area contributed by atoms with Crippen molar-refractivity contribution < 1.29 is 22.7 Å². The molecule has 0 fully saturated rings. The highest BCUT2D eigenvalue weighted by Crippen LogP contribution is 2.13. The lowest BCUT2D eigenvalue weighted by Crippen LogP contribution is -2.35. The van der Waals surface area contributed by atoms with E-state index in [1.165, 1.54) is 19.1 Å². The molecule has 1 amide bonds. The highest BCUT2D eigenvalue weighted by atomic mass is 32.2. The molecular weight excluding hydrogens is 306 g/mol. The zero-order valence-electron chi connectivity index (χ0n) is 13.0. The molecule has 0 aliphatic rings. The van der Waals surface area contributed by atoms with Gasteiger partial charge in [0.05, 0.1) is 17.1 Å². The van der Waals surface area contributed by atoms with Crippen LogP contribution in [0.25, 0.3) is 0 Å². The molecule has 0 aromatic heterocycles. The number of carbonyl (C=O) groups is 2. The summed E-state index contributed by atoms with van der Waals surface area (Å²) in [5.74, 6) is -1.47. The lowest BCUT2D eigenvalue weighted by molar-refractivity contribution is -0.154. The highest BCUT2D eigenvalue weighted by molar-refractivity contribution is 7.91. The van der Waals surface area contributed by atoms with E-state index in [4.69, 9.17) is 4.74 Å². The number of hydrogen-bond donors (Lipinski definition) is 1. The molecule has 0 bridgehead atoms. The van der Waals surface area contributed by atoms with Gasteiger partial charge in [-0.1, -0.05) is 17.7 Å². The van der Waals surface area contributed by atoms with E-state index in [2.05, 4.69) is 5.32 Å². The van der Waals surface area contributed by atoms with Gasteiger partial charge in [0.15, 0.2) is 15.9 Å². The van der Waals surface area contributed by atoms with Gasteiger partial charge in [0.25, 0.3) is 5.91 Å². The Hall–Kier alpha value is -1.89. The molecule has 0 unspecified atom stereocenters. The first-order valence-electron chi connectivity index (χ1n) is 7.03. The number of benzene rings is 1. The molecule has 0 saturated carbocycles. The van der Waals surface area contributed by atoms with Crippen LogP contribution in [0.2, 0.25) is 0 Å². The van der Waals surface area contributed by atoms with Crippen molar-refractivity contribution in [3.63, 3.8) is 0 Å². The third kappa shape index (κ3) is 5.48. The molecule has 7 heteroatoms. The summed E-state index contributed by atoms with van der Waals surface area (Å²) in [5, 5.41) is 2.52. The molecule has 0 radical (unpaired) electrons. The standard InChI is InChI=1S/C15H21NO5S/c1-4-16-15(18)12(3)21-14(17)9-10-22(19,20)13-7-5-11(2)6-8-13/h5-8,12H,4,9-10H2,1-3H3,(H,16,18)/t12-/m0/s1. The van der Waals surface area contributed by atoms with Gasteiger partial charge in [-0.05, 0) is 32.9 Å². The second-order valence-electron chi connectivity index (χ2n) is 4.91. The van der Waals surface area contributed by atoms with Gasteiger partial charge in [-0.15, -0.1) is 0 Å². The number of sulfone groups is 1. The van der Waals surface area contributed by atoms with Crippen LogP contribution in [0, 0.1) is 6.92 Å². The number of likely N-dealkylation sites (N-methyl/N-ethyl adjacent to an activating group) is 1. The lowest BCUT2D eigenvalue weighted by Gasteiger charge is -2.12. The summed E-state index contributed by atoms with van der Waals surface area (Å²) in [6.45, 7) is 5.48. The van der Waals surface area contributed by atoms with Crippen LogP contribution in [0.1, 0.15) is 25.8 Å². The van der Waals surface area contributed by atoms with E-state index < -0.39 is 27.8 Å². The molecule has 1 atom stereocenters. The maximum Gasteiger partial charge on any atom is 0.307 e. The highest BCUT2D eigenvalue weighted by Gasteiger charge is 2.20. The normalized spacial score (nSPS) is 12.5. The lowest BCUT2D eigenvalue weighted by atomic mass is 10.2. The number of hydrogen-bond acceptors (Lipinski definition) is 5. The molecular formula is C15H21NO5S. The van der Waals surface area contributed by atoms with E-state index in [-0.39, 0.29) is 17.1 Å². The quantitative estimate of drug-likeness (QED) is 0.761. The Labute approximate surface area is 130 Å². The third-order valence-corrected chi connectivity index (χ3v) is 4.72. The van der Waals surface area contributed by atoms with Crippen LogP contribution in [0.3, 0.4) is 0 Å². The summed E-state index contributed by atoms with van der Waals surface area (Å²) in [6.07, 6.45) is -1.23. The Morgan fingerprint density at radius 2 is 1.82 bits per heavy atom. The third-order valence-electron chi connectivity index (χ3n) is 2.98. The zero-order chi connectivity index (χ0) is 16.8. The summed E-state index contributed by atoms with van der Waals surface area (Å²) < 4.78 is 29.1. The van der Waals surface area contributed by atoms with Crippen LogP contribution in [0.15, 0.2) is 29.2 Å². The Balaban J connectivity index is 2.56. The zero-order valence-corrected chi connectivity index (χ0v) is 13.8. The van der Waals surface area contributed by atoms with Crippen LogP contribution in [0.4, 0.5) is 0 Å². The predicted octanol–water partition coefficient (Wildman–Crippen LogP) is 1.23. The average Bonchev–Trinajstić information content (AvgIpc) is 2.46. The van der Waals surface area contributed by atoms with Crippen LogP contribution in [-0.2, 0) is 24.2 Å². The molecule has 0 aliphatic heterocycles. The van der Waals surface area contributed by atoms with Gasteiger partial charge in [0.2, 0.25) is 0 Å². The molecule has 122 valence electrons. The Morgan fingerprint density at radius 3 is 2.36 bits per heavy atom. The maximum absolute atomic E-state index is 12.1. The van der Waals surface area contributed by atoms with Crippen molar-refractivity contribution in [2.45, 2.75) is 38.2 Å². The fourth-order valence-electron chi connectivity index (χ4n) is 1.71. The molecule has 22 heavy (non-hydrogen) atoms. The van der Waals surface area contributed by atoms with E-state index >= 15 is 0 Å². The van der Waals surface area contributed by atoms with Gasteiger partial charge >= 0.3 is 5.97 Å². The van der Waals surface area contributed by atoms with Gasteiger partial charge < -0.3 is 10.1 Å². The number of nitrogens with one attached hydrogen (secondary N) is 1. The van der Waals surface area contributed by atoms with Gasteiger partial charge in [0.1, 0.15) is 0 Å². The molecule has 1 N–H and O–H groups in total. The molecule has 0 saturated heterocycles. The number of rotatable bonds is 7. The number of ether oxygens (including phenoxy) is 1. The average molecular weight is 327 g/mol. The predicted molar refractivity (Wildman–Crippen MR) is 82.1 cm³/mol. The van der Waals surface area contributed by atoms with E-state index in [0.717, 1.165) is 5.56 Å². The topological polar surface area (TPSA) is 89.5 Å². The van der Waals surface area contributed by atoms with Gasteiger partial charge in [-0.3, -0.25) is 9.59 Å². The molecule has 0 heterocycles. The second-order valence-corrected chi connectivity index (χ2v) is 7.02. The molecule has 1 aromatic rings. The summed E-state index contributed by atoms with van der Waals surface area (Å²) in [5.41, 5.74) is 0.953. The Kier molecular flexibility index (Phi) is 6.55. The Morgan fingerprint density at radius 1 is 1.23 bits per heavy atom. The van der Waals surface area contributed by atoms with E-state index in [1.54, 1.807) is 19.1 Å². The summed E-state index contributed by atoms with van der Waals surface area (Å²) >= 11 is 0. The van der Waals surface area contributed by atoms with Crippen molar-refractivity contribution >= 4 is 21.7 Å². The van der Waals surface area contributed by atoms with Crippen molar-refractivity contribution in [1.29, 1.82) is 0 Å². The van der Waals surface area contributed by atoms with Crippen molar-refractivity contribution in [2.24, 2.45) is 0 Å². The van der Waals surface area contributed by atoms with Crippen LogP contribution >= 0.6 is 0 Å². The molecule has 6 nitrogen and oxygen atoms in total. The summed E-state index contributed by atoms with van der Waals surface area (Å²) in [7, 11) is -3.54. The minimum atomic E-state index is -3.54. The number of aryl methyl sites for hydroxylation is 1. The smallest absolute Gasteiger partial charge is 0.307 e. The van der Waals surface area contributed by atoms with Gasteiger partial charge in [-0.2, -0.15) is 0 Å². The Bertz CT molecular complexity index is 622. The summed E-state index contributed by atoms with van der Waals surface area (Å²) in [4.78, 5) is 23.2. The minimum Gasteiger partial charge on any atom is -0.453 e. The largest absolute Gasteiger partial charge is 0.453 e. The number of amides is 1. The monoisotopic (exact) mass is 327 g/mol. The first kappa shape index (κ1) is 18.2. The molecule has 1 aromatic carbocycles. The fourth-order valence-corrected chi connectivity index (χ4v) is 2.93. The molecule has 0 aliphatic carbocycles.